The summed E-state index contributed by atoms with van der Waals surface area (Å²) in [5.41, 5.74) is 4.46. The number of benzene rings is 2. The zero-order chi connectivity index (χ0) is 21.2. The number of anilines is 1. The van der Waals surface area contributed by atoms with Crippen LogP contribution in [0.2, 0.25) is 0 Å². The highest BCUT2D eigenvalue weighted by Gasteiger charge is 2.18. The van der Waals surface area contributed by atoms with Crippen molar-refractivity contribution >= 4 is 33.1 Å². The molecule has 2 aromatic heterocycles. The van der Waals surface area contributed by atoms with Crippen LogP contribution in [-0.2, 0) is 4.74 Å². The molecule has 1 fully saturated rings. The molecule has 31 heavy (non-hydrogen) atoms. The van der Waals surface area contributed by atoms with Gasteiger partial charge in [0.2, 0.25) is 5.88 Å². The summed E-state index contributed by atoms with van der Waals surface area (Å²) in [6.45, 7) is 3.33. The molecule has 0 aliphatic carbocycles. The number of fused-ring (bicyclic) bond motifs is 1. The number of nitrogens with zero attached hydrogens (tertiary/aromatic N) is 2. The topological polar surface area (TPSA) is 73.3 Å². The van der Waals surface area contributed by atoms with E-state index in [0.717, 1.165) is 22.5 Å². The van der Waals surface area contributed by atoms with Gasteiger partial charge in [0.1, 0.15) is 11.1 Å². The molecule has 4 aromatic rings. The van der Waals surface area contributed by atoms with Crippen molar-refractivity contribution in [3.8, 4) is 16.5 Å². The lowest BCUT2D eigenvalue weighted by atomic mass is 10.2. The first-order chi connectivity index (χ1) is 15.1. The van der Waals surface area contributed by atoms with E-state index in [1.54, 1.807) is 29.7 Å². The third kappa shape index (κ3) is 4.42. The zero-order valence-corrected chi connectivity index (χ0v) is 17.8. The molecule has 1 unspecified atom stereocenters. The van der Waals surface area contributed by atoms with Crippen molar-refractivity contribution in [2.75, 3.05) is 18.5 Å². The van der Waals surface area contributed by atoms with Crippen LogP contribution in [0.25, 0.3) is 20.8 Å². The van der Waals surface area contributed by atoms with E-state index in [1.807, 2.05) is 30.3 Å². The maximum absolute atomic E-state index is 12.7. The fraction of sp³-hybridized carbons (Fsp3) is 0.208. The van der Waals surface area contributed by atoms with Gasteiger partial charge in [0.25, 0.3) is 5.91 Å². The Morgan fingerprint density at radius 3 is 2.84 bits per heavy atom. The quantitative estimate of drug-likeness (QED) is 0.477. The van der Waals surface area contributed by atoms with E-state index in [0.29, 0.717) is 30.3 Å². The van der Waals surface area contributed by atoms with E-state index in [2.05, 4.69) is 29.4 Å². The number of carbonyl (C=O) groups excluding carboxylic acids is 1. The van der Waals surface area contributed by atoms with Gasteiger partial charge in [-0.25, -0.2) is 9.97 Å². The molecule has 1 N–H and O–H groups in total. The molecule has 156 valence electrons. The summed E-state index contributed by atoms with van der Waals surface area (Å²) in [7, 11) is 0. The first kappa shape index (κ1) is 19.7. The third-order valence-corrected chi connectivity index (χ3v) is 6.17. The SMILES string of the molecule is Cc1ccc2nc(-c3ccc(NC(=O)c4ccnc(OC5CCOC5)c4)cc3)sc2c1. The van der Waals surface area contributed by atoms with Crippen molar-refractivity contribution < 1.29 is 14.3 Å². The Balaban J connectivity index is 1.28. The Bertz CT molecular complexity index is 1230. The van der Waals surface area contributed by atoms with Crippen molar-refractivity contribution in [2.45, 2.75) is 19.4 Å². The minimum absolute atomic E-state index is 0.00946. The maximum atomic E-state index is 12.7. The molecular weight excluding hydrogens is 410 g/mol. The highest BCUT2D eigenvalue weighted by Crippen LogP contribution is 2.31. The number of pyridine rings is 1. The molecule has 0 radical (unpaired) electrons. The lowest BCUT2D eigenvalue weighted by molar-refractivity contribution is 0.102. The molecule has 0 bridgehead atoms. The van der Waals surface area contributed by atoms with Crippen LogP contribution >= 0.6 is 11.3 Å². The normalized spacial score (nSPS) is 15.8. The summed E-state index contributed by atoms with van der Waals surface area (Å²) in [5, 5.41) is 3.89. The van der Waals surface area contributed by atoms with E-state index in [1.165, 1.54) is 10.3 Å². The van der Waals surface area contributed by atoms with Crippen LogP contribution in [0, 0.1) is 6.92 Å². The van der Waals surface area contributed by atoms with Crippen LogP contribution in [-0.4, -0.2) is 35.2 Å². The van der Waals surface area contributed by atoms with Gasteiger partial charge in [-0.15, -0.1) is 11.3 Å². The Hall–Kier alpha value is -3.29. The number of aryl methyl sites for hydroxylation is 1. The molecule has 3 heterocycles. The molecule has 1 saturated heterocycles. The number of carbonyl (C=O) groups is 1. The summed E-state index contributed by atoms with van der Waals surface area (Å²) in [6.07, 6.45) is 2.40. The molecule has 1 aliphatic rings. The second kappa shape index (κ2) is 8.45. The van der Waals surface area contributed by atoms with Gasteiger partial charge in [0.15, 0.2) is 0 Å². The predicted octanol–water partition coefficient (Wildman–Crippen LogP) is 5.09. The van der Waals surface area contributed by atoms with Gasteiger partial charge >= 0.3 is 0 Å². The average molecular weight is 432 g/mol. The van der Waals surface area contributed by atoms with Crippen molar-refractivity contribution in [3.63, 3.8) is 0 Å². The van der Waals surface area contributed by atoms with Crippen molar-refractivity contribution in [3.05, 3.63) is 71.9 Å². The smallest absolute Gasteiger partial charge is 0.255 e. The fourth-order valence-corrected chi connectivity index (χ4v) is 4.52. The molecule has 5 rings (SSSR count). The second-order valence-electron chi connectivity index (χ2n) is 7.51. The molecule has 0 saturated carbocycles. The van der Waals surface area contributed by atoms with Crippen LogP contribution in [0.3, 0.4) is 0 Å². The standard InChI is InChI=1S/C24H21N3O3S/c1-15-2-7-20-21(12-15)31-24(27-20)16-3-5-18(6-4-16)26-23(28)17-8-10-25-22(13-17)30-19-9-11-29-14-19/h2-8,10,12-13,19H,9,11,14H2,1H3,(H,26,28). The minimum Gasteiger partial charge on any atom is -0.472 e. The van der Waals surface area contributed by atoms with Gasteiger partial charge in [-0.3, -0.25) is 4.79 Å². The summed E-state index contributed by atoms with van der Waals surface area (Å²) >= 11 is 1.67. The lowest BCUT2D eigenvalue weighted by Gasteiger charge is -2.11. The van der Waals surface area contributed by atoms with E-state index in [4.69, 9.17) is 14.5 Å². The Morgan fingerprint density at radius 2 is 2.03 bits per heavy atom. The molecule has 6 nitrogen and oxygen atoms in total. The van der Waals surface area contributed by atoms with Gasteiger partial charge in [-0.2, -0.15) is 0 Å². The molecule has 1 aliphatic heterocycles. The van der Waals surface area contributed by atoms with Crippen LogP contribution in [0.15, 0.2) is 60.8 Å². The summed E-state index contributed by atoms with van der Waals surface area (Å²) in [5.74, 6) is 0.225. The summed E-state index contributed by atoms with van der Waals surface area (Å²) in [6, 6.07) is 17.3. The summed E-state index contributed by atoms with van der Waals surface area (Å²) in [4.78, 5) is 21.6. The van der Waals surface area contributed by atoms with E-state index >= 15 is 0 Å². The molecule has 7 heteroatoms. The number of amides is 1. The van der Waals surface area contributed by atoms with Crippen LogP contribution in [0.5, 0.6) is 5.88 Å². The number of nitrogens with one attached hydrogen (secondary N) is 1. The van der Waals surface area contributed by atoms with E-state index in [-0.39, 0.29) is 12.0 Å². The average Bonchev–Trinajstić information content (AvgIpc) is 3.44. The zero-order valence-electron chi connectivity index (χ0n) is 17.0. The lowest BCUT2D eigenvalue weighted by Crippen LogP contribution is -2.17. The van der Waals surface area contributed by atoms with Crippen molar-refractivity contribution in [2.24, 2.45) is 0 Å². The van der Waals surface area contributed by atoms with Crippen molar-refractivity contribution in [1.82, 2.24) is 9.97 Å². The maximum Gasteiger partial charge on any atom is 0.255 e. The number of rotatable bonds is 5. The fourth-order valence-electron chi connectivity index (χ4n) is 3.45. The van der Waals surface area contributed by atoms with Gasteiger partial charge in [-0.05, 0) is 55.0 Å². The predicted molar refractivity (Wildman–Crippen MR) is 122 cm³/mol. The van der Waals surface area contributed by atoms with Gasteiger partial charge in [0, 0.05) is 35.5 Å². The Kier molecular flexibility index (Phi) is 5.36. The molecule has 1 atom stereocenters. The second-order valence-corrected chi connectivity index (χ2v) is 8.54. The van der Waals surface area contributed by atoms with E-state index in [9.17, 15) is 4.79 Å². The molecule has 1 amide bonds. The summed E-state index contributed by atoms with van der Waals surface area (Å²) < 4.78 is 12.3. The van der Waals surface area contributed by atoms with Gasteiger partial charge < -0.3 is 14.8 Å². The Morgan fingerprint density at radius 1 is 1.16 bits per heavy atom. The highest BCUT2D eigenvalue weighted by molar-refractivity contribution is 7.21. The van der Waals surface area contributed by atoms with Gasteiger partial charge in [-0.1, -0.05) is 6.07 Å². The minimum atomic E-state index is -0.210. The van der Waals surface area contributed by atoms with Crippen LogP contribution in [0.4, 0.5) is 5.69 Å². The van der Waals surface area contributed by atoms with Crippen LogP contribution in [0.1, 0.15) is 22.3 Å². The number of hydrogen-bond donors (Lipinski definition) is 1. The third-order valence-electron chi connectivity index (χ3n) is 5.11. The highest BCUT2D eigenvalue weighted by atomic mass is 32.1. The molecule has 0 spiro atoms. The number of thiazole rings is 1. The number of hydrogen-bond acceptors (Lipinski definition) is 6. The largest absolute Gasteiger partial charge is 0.472 e. The monoisotopic (exact) mass is 431 g/mol. The molecule has 2 aromatic carbocycles. The first-order valence-corrected chi connectivity index (χ1v) is 11.0. The molecular formula is C24H21N3O3S. The number of aromatic nitrogens is 2. The van der Waals surface area contributed by atoms with Crippen LogP contribution < -0.4 is 10.1 Å². The van der Waals surface area contributed by atoms with Crippen molar-refractivity contribution in [1.29, 1.82) is 0 Å². The van der Waals surface area contributed by atoms with Gasteiger partial charge in [0.05, 0.1) is 23.4 Å². The Labute approximate surface area is 183 Å². The van der Waals surface area contributed by atoms with E-state index < -0.39 is 0 Å². The number of ether oxygens (including phenoxy) is 2. The first-order valence-electron chi connectivity index (χ1n) is 10.1.